The third kappa shape index (κ3) is 6.10. The Balaban J connectivity index is 2.61. The average Bonchev–Trinajstić information content (AvgIpc) is 2.22. The molecule has 0 saturated heterocycles. The first-order valence-corrected chi connectivity index (χ1v) is 9.34. The van der Waals surface area contributed by atoms with E-state index in [-0.39, 0.29) is 11.9 Å². The summed E-state index contributed by atoms with van der Waals surface area (Å²) in [5.74, 6) is 1.84. The summed E-state index contributed by atoms with van der Waals surface area (Å²) in [6.45, 7) is 11.0. The van der Waals surface area contributed by atoms with Crippen molar-refractivity contribution in [3.8, 4) is 0 Å². The fraction of sp³-hybridized carbons (Fsp3) is 1.00. The van der Waals surface area contributed by atoms with Gasteiger partial charge in [0.15, 0.2) is 0 Å². The zero-order chi connectivity index (χ0) is 15.6. The van der Waals surface area contributed by atoms with Crippen LogP contribution in [0.1, 0.15) is 53.9 Å². The van der Waals surface area contributed by atoms with Gasteiger partial charge in [-0.1, -0.05) is 41.0 Å². The van der Waals surface area contributed by atoms with Crippen molar-refractivity contribution in [3.63, 3.8) is 0 Å². The first-order chi connectivity index (χ1) is 9.00. The van der Waals surface area contributed by atoms with E-state index >= 15 is 0 Å². The Morgan fingerprint density at radius 3 is 2.40 bits per heavy atom. The van der Waals surface area contributed by atoms with E-state index in [1.165, 1.54) is 12.8 Å². The Morgan fingerprint density at radius 1 is 1.30 bits per heavy atom. The summed E-state index contributed by atoms with van der Waals surface area (Å²) in [7, 11) is -3.46. The third-order valence-electron chi connectivity index (χ3n) is 4.24. The molecule has 0 aliphatic heterocycles. The summed E-state index contributed by atoms with van der Waals surface area (Å²) in [4.78, 5) is 0. The quantitative estimate of drug-likeness (QED) is 0.820. The molecule has 5 heteroatoms. The van der Waals surface area contributed by atoms with Gasteiger partial charge < -0.3 is 4.74 Å². The smallest absolute Gasteiger partial charge is 0.209 e. The van der Waals surface area contributed by atoms with Crippen molar-refractivity contribution >= 4 is 10.0 Å². The lowest BCUT2D eigenvalue weighted by molar-refractivity contribution is -0.0621. The normalized spacial score (nSPS) is 28.9. The van der Waals surface area contributed by atoms with Gasteiger partial charge in [0, 0.05) is 5.41 Å². The summed E-state index contributed by atoms with van der Waals surface area (Å²) in [5, 5.41) is 5.14. The standard InChI is InChI=1S/C15H31NO3S/c1-11(2)13-7-6-12(3)8-14(13)19-9-15(4,5)10-20(16,17)18/h11-14H,6-10H2,1-5H3,(H2,16,17,18). The highest BCUT2D eigenvalue weighted by Gasteiger charge is 2.33. The van der Waals surface area contributed by atoms with Gasteiger partial charge in [-0.15, -0.1) is 0 Å². The topological polar surface area (TPSA) is 69.4 Å². The molecule has 0 aromatic heterocycles. The molecule has 1 aliphatic carbocycles. The predicted octanol–water partition coefficient (Wildman–Crippen LogP) is 2.78. The maximum Gasteiger partial charge on any atom is 0.209 e. The minimum absolute atomic E-state index is 0.0331. The second kappa shape index (κ2) is 6.75. The van der Waals surface area contributed by atoms with Crippen molar-refractivity contribution in [1.29, 1.82) is 0 Å². The highest BCUT2D eigenvalue weighted by molar-refractivity contribution is 7.89. The predicted molar refractivity (Wildman–Crippen MR) is 82.8 cm³/mol. The minimum atomic E-state index is -3.46. The van der Waals surface area contributed by atoms with Crippen LogP contribution < -0.4 is 5.14 Å². The molecule has 1 aliphatic rings. The van der Waals surface area contributed by atoms with Crippen molar-refractivity contribution in [2.24, 2.45) is 28.3 Å². The largest absolute Gasteiger partial charge is 0.377 e. The van der Waals surface area contributed by atoms with E-state index in [2.05, 4.69) is 20.8 Å². The molecule has 2 N–H and O–H groups in total. The van der Waals surface area contributed by atoms with Crippen LogP contribution in [0.2, 0.25) is 0 Å². The Kier molecular flexibility index (Phi) is 6.05. The van der Waals surface area contributed by atoms with E-state index in [9.17, 15) is 8.42 Å². The van der Waals surface area contributed by atoms with Crippen molar-refractivity contribution in [2.45, 2.75) is 60.0 Å². The van der Waals surface area contributed by atoms with Crippen LogP contribution in [0.4, 0.5) is 0 Å². The molecular weight excluding hydrogens is 274 g/mol. The number of nitrogens with two attached hydrogens (primary N) is 1. The SMILES string of the molecule is CC1CCC(C(C)C)C(OCC(C)(C)CS(N)(=O)=O)C1. The summed E-state index contributed by atoms with van der Waals surface area (Å²) >= 11 is 0. The molecule has 3 unspecified atom stereocenters. The van der Waals surface area contributed by atoms with E-state index in [1.807, 2.05) is 13.8 Å². The van der Waals surface area contributed by atoms with Crippen LogP contribution in [-0.4, -0.2) is 26.9 Å². The van der Waals surface area contributed by atoms with Crippen LogP contribution in [0, 0.1) is 23.2 Å². The van der Waals surface area contributed by atoms with Crippen LogP contribution in [0.3, 0.4) is 0 Å². The van der Waals surface area contributed by atoms with Gasteiger partial charge in [0.1, 0.15) is 0 Å². The van der Waals surface area contributed by atoms with E-state index in [0.29, 0.717) is 24.4 Å². The van der Waals surface area contributed by atoms with Crippen molar-refractivity contribution in [1.82, 2.24) is 0 Å². The number of hydrogen-bond donors (Lipinski definition) is 1. The van der Waals surface area contributed by atoms with Crippen LogP contribution in [0.25, 0.3) is 0 Å². The third-order valence-corrected chi connectivity index (χ3v) is 5.43. The van der Waals surface area contributed by atoms with Gasteiger partial charge >= 0.3 is 0 Å². The first-order valence-electron chi connectivity index (χ1n) is 7.62. The number of primary sulfonamides is 1. The number of hydrogen-bond acceptors (Lipinski definition) is 3. The Labute approximate surface area is 124 Å². The summed E-state index contributed by atoms with van der Waals surface area (Å²) in [6.07, 6.45) is 3.80. The van der Waals surface area contributed by atoms with E-state index in [1.54, 1.807) is 0 Å². The van der Waals surface area contributed by atoms with Crippen LogP contribution in [0.15, 0.2) is 0 Å². The molecule has 0 heterocycles. The summed E-state index contributed by atoms with van der Waals surface area (Å²) in [6, 6.07) is 0. The molecule has 0 aromatic carbocycles. The fourth-order valence-electron chi connectivity index (χ4n) is 3.23. The summed E-state index contributed by atoms with van der Waals surface area (Å²) in [5.41, 5.74) is -0.435. The Hall–Kier alpha value is -0.130. The summed E-state index contributed by atoms with van der Waals surface area (Å²) < 4.78 is 28.6. The van der Waals surface area contributed by atoms with Gasteiger partial charge in [0.2, 0.25) is 10.0 Å². The molecule has 20 heavy (non-hydrogen) atoms. The van der Waals surface area contributed by atoms with E-state index in [4.69, 9.17) is 9.88 Å². The lowest BCUT2D eigenvalue weighted by Crippen LogP contribution is -2.39. The van der Waals surface area contributed by atoms with Gasteiger partial charge in [0.05, 0.1) is 18.5 Å². The van der Waals surface area contributed by atoms with Crippen LogP contribution in [0.5, 0.6) is 0 Å². The van der Waals surface area contributed by atoms with Crippen molar-refractivity contribution in [2.75, 3.05) is 12.4 Å². The number of ether oxygens (including phenoxy) is 1. The Bertz CT molecular complexity index is 403. The molecule has 0 spiro atoms. The van der Waals surface area contributed by atoms with Gasteiger partial charge in [-0.3, -0.25) is 0 Å². The molecule has 0 aromatic rings. The van der Waals surface area contributed by atoms with Crippen LogP contribution >= 0.6 is 0 Å². The molecule has 1 fully saturated rings. The molecule has 1 saturated carbocycles. The van der Waals surface area contributed by atoms with Crippen molar-refractivity contribution < 1.29 is 13.2 Å². The molecule has 0 bridgehead atoms. The lowest BCUT2D eigenvalue weighted by Gasteiger charge is -2.38. The van der Waals surface area contributed by atoms with Gasteiger partial charge in [-0.2, -0.15) is 0 Å². The molecule has 4 nitrogen and oxygen atoms in total. The first kappa shape index (κ1) is 17.9. The highest BCUT2D eigenvalue weighted by atomic mass is 32.2. The molecule has 3 atom stereocenters. The van der Waals surface area contributed by atoms with Gasteiger partial charge in [-0.05, 0) is 30.6 Å². The Morgan fingerprint density at radius 2 is 1.90 bits per heavy atom. The monoisotopic (exact) mass is 305 g/mol. The second-order valence-electron chi connectivity index (χ2n) is 7.65. The molecule has 0 amide bonds. The maximum atomic E-state index is 11.2. The van der Waals surface area contributed by atoms with Crippen LogP contribution in [-0.2, 0) is 14.8 Å². The second-order valence-corrected chi connectivity index (χ2v) is 9.26. The molecule has 120 valence electrons. The van der Waals surface area contributed by atoms with E-state index < -0.39 is 15.4 Å². The van der Waals surface area contributed by atoms with Gasteiger partial charge in [0.25, 0.3) is 0 Å². The zero-order valence-corrected chi connectivity index (χ0v) is 14.4. The number of sulfonamides is 1. The van der Waals surface area contributed by atoms with Crippen molar-refractivity contribution in [3.05, 3.63) is 0 Å². The maximum absolute atomic E-state index is 11.2. The average molecular weight is 305 g/mol. The zero-order valence-electron chi connectivity index (χ0n) is 13.6. The lowest BCUT2D eigenvalue weighted by atomic mass is 9.75. The van der Waals surface area contributed by atoms with E-state index in [0.717, 1.165) is 6.42 Å². The molecule has 1 rings (SSSR count). The number of rotatable bonds is 6. The highest BCUT2D eigenvalue weighted by Crippen LogP contribution is 2.36. The van der Waals surface area contributed by atoms with Gasteiger partial charge in [-0.25, -0.2) is 13.6 Å². The molecular formula is C15H31NO3S. The minimum Gasteiger partial charge on any atom is -0.377 e. The molecule has 0 radical (unpaired) electrons. The fourth-order valence-corrected chi connectivity index (χ4v) is 4.40.